The molecular formula is C14H15N3O. The van der Waals surface area contributed by atoms with Gasteiger partial charge in [0.1, 0.15) is 0 Å². The summed E-state index contributed by atoms with van der Waals surface area (Å²) >= 11 is 0. The van der Waals surface area contributed by atoms with Crippen LogP contribution in [0.25, 0.3) is 0 Å². The van der Waals surface area contributed by atoms with Crippen molar-refractivity contribution in [2.45, 2.75) is 13.5 Å². The molecule has 0 unspecified atom stereocenters. The molecule has 0 saturated heterocycles. The molecule has 0 radical (unpaired) electrons. The normalized spacial score (nSPS) is 10.1. The quantitative estimate of drug-likeness (QED) is 0.862. The van der Waals surface area contributed by atoms with Crippen LogP contribution >= 0.6 is 0 Å². The van der Waals surface area contributed by atoms with Crippen molar-refractivity contribution in [3.05, 3.63) is 59.4 Å². The monoisotopic (exact) mass is 241 g/mol. The van der Waals surface area contributed by atoms with Crippen LogP contribution in [0.5, 0.6) is 0 Å². The number of rotatable bonds is 3. The van der Waals surface area contributed by atoms with Crippen molar-refractivity contribution in [2.75, 3.05) is 5.73 Å². The van der Waals surface area contributed by atoms with E-state index in [1.54, 1.807) is 6.20 Å². The lowest BCUT2D eigenvalue weighted by Crippen LogP contribution is -2.24. The molecule has 92 valence electrons. The van der Waals surface area contributed by atoms with Crippen molar-refractivity contribution < 1.29 is 4.79 Å². The number of carbonyl (C=O) groups excluding carboxylic acids is 1. The second kappa shape index (κ2) is 5.31. The Balaban J connectivity index is 2.07. The summed E-state index contributed by atoms with van der Waals surface area (Å²) in [6.45, 7) is 2.31. The summed E-state index contributed by atoms with van der Waals surface area (Å²) in [7, 11) is 0. The number of benzene rings is 1. The van der Waals surface area contributed by atoms with Gasteiger partial charge in [0.25, 0.3) is 5.91 Å². The number of nitrogens with zero attached hydrogens (tertiary/aromatic N) is 1. The summed E-state index contributed by atoms with van der Waals surface area (Å²) in [5.41, 5.74) is 8.59. The van der Waals surface area contributed by atoms with Gasteiger partial charge in [-0.05, 0) is 18.1 Å². The third kappa shape index (κ3) is 2.66. The van der Waals surface area contributed by atoms with Crippen molar-refractivity contribution in [1.82, 2.24) is 10.3 Å². The van der Waals surface area contributed by atoms with E-state index in [4.69, 9.17) is 5.73 Å². The zero-order valence-corrected chi connectivity index (χ0v) is 10.2. The van der Waals surface area contributed by atoms with E-state index in [2.05, 4.69) is 10.3 Å². The third-order valence-electron chi connectivity index (χ3n) is 2.79. The highest BCUT2D eigenvalue weighted by Gasteiger charge is 2.10. The molecule has 1 heterocycles. The molecule has 2 aromatic rings. The fourth-order valence-electron chi connectivity index (χ4n) is 1.64. The van der Waals surface area contributed by atoms with E-state index < -0.39 is 0 Å². The van der Waals surface area contributed by atoms with E-state index >= 15 is 0 Å². The molecule has 1 aromatic carbocycles. The average molecular weight is 241 g/mol. The Bertz CT molecular complexity index is 552. The fourth-order valence-corrected chi connectivity index (χ4v) is 1.64. The number of nitrogen functional groups attached to an aromatic ring is 1. The second-order valence-electron chi connectivity index (χ2n) is 4.07. The van der Waals surface area contributed by atoms with Gasteiger partial charge in [-0.1, -0.05) is 30.3 Å². The number of pyridine rings is 1. The van der Waals surface area contributed by atoms with Crippen LogP contribution in [0.15, 0.2) is 42.7 Å². The number of anilines is 1. The zero-order chi connectivity index (χ0) is 13.0. The van der Waals surface area contributed by atoms with E-state index in [-0.39, 0.29) is 5.91 Å². The Morgan fingerprint density at radius 2 is 2.00 bits per heavy atom. The standard InChI is InChI=1S/C14H15N3O/c1-10-12(8-16-9-13(10)15)14(18)17-7-11-5-3-2-4-6-11/h2-6,8-9H,7,15H2,1H3,(H,17,18). The molecule has 0 spiro atoms. The summed E-state index contributed by atoms with van der Waals surface area (Å²) in [5, 5.41) is 2.85. The van der Waals surface area contributed by atoms with Gasteiger partial charge in [0.2, 0.25) is 0 Å². The lowest BCUT2D eigenvalue weighted by atomic mass is 10.1. The van der Waals surface area contributed by atoms with Gasteiger partial charge in [-0.3, -0.25) is 9.78 Å². The Hall–Kier alpha value is -2.36. The lowest BCUT2D eigenvalue weighted by Gasteiger charge is -2.08. The number of hydrogen-bond acceptors (Lipinski definition) is 3. The predicted molar refractivity (Wildman–Crippen MR) is 71.0 cm³/mol. The zero-order valence-electron chi connectivity index (χ0n) is 10.2. The van der Waals surface area contributed by atoms with Gasteiger partial charge in [0.05, 0.1) is 17.4 Å². The van der Waals surface area contributed by atoms with Crippen LogP contribution in [0.3, 0.4) is 0 Å². The van der Waals surface area contributed by atoms with Gasteiger partial charge in [-0.15, -0.1) is 0 Å². The summed E-state index contributed by atoms with van der Waals surface area (Å²) < 4.78 is 0. The molecule has 18 heavy (non-hydrogen) atoms. The largest absolute Gasteiger partial charge is 0.397 e. The number of carbonyl (C=O) groups is 1. The molecule has 0 aliphatic carbocycles. The van der Waals surface area contributed by atoms with Crippen LogP contribution in [-0.2, 0) is 6.54 Å². The van der Waals surface area contributed by atoms with E-state index in [0.717, 1.165) is 11.1 Å². The first-order chi connectivity index (χ1) is 8.68. The van der Waals surface area contributed by atoms with Crippen molar-refractivity contribution >= 4 is 11.6 Å². The van der Waals surface area contributed by atoms with Gasteiger partial charge in [0.15, 0.2) is 0 Å². The molecule has 0 atom stereocenters. The number of aromatic nitrogens is 1. The molecule has 3 N–H and O–H groups in total. The van der Waals surface area contributed by atoms with E-state index in [9.17, 15) is 4.79 Å². The number of nitrogens with two attached hydrogens (primary N) is 1. The molecular weight excluding hydrogens is 226 g/mol. The molecule has 0 fully saturated rings. The van der Waals surface area contributed by atoms with Gasteiger partial charge in [0, 0.05) is 12.7 Å². The first-order valence-corrected chi connectivity index (χ1v) is 5.70. The van der Waals surface area contributed by atoms with Crippen LogP contribution in [0.1, 0.15) is 21.5 Å². The van der Waals surface area contributed by atoms with Crippen LogP contribution in [-0.4, -0.2) is 10.9 Å². The maximum atomic E-state index is 12.0. The Kier molecular flexibility index (Phi) is 3.57. The fraction of sp³-hybridized carbons (Fsp3) is 0.143. The smallest absolute Gasteiger partial charge is 0.253 e. The van der Waals surface area contributed by atoms with Crippen molar-refractivity contribution in [3.63, 3.8) is 0 Å². The predicted octanol–water partition coefficient (Wildman–Crippen LogP) is 1.90. The molecule has 2 rings (SSSR count). The molecule has 0 bridgehead atoms. The SMILES string of the molecule is Cc1c(N)cncc1C(=O)NCc1ccccc1. The molecule has 1 amide bonds. The first kappa shape index (κ1) is 12.1. The number of hydrogen-bond donors (Lipinski definition) is 2. The van der Waals surface area contributed by atoms with Gasteiger partial charge in [-0.2, -0.15) is 0 Å². The third-order valence-corrected chi connectivity index (χ3v) is 2.79. The van der Waals surface area contributed by atoms with Crippen molar-refractivity contribution in [2.24, 2.45) is 0 Å². The van der Waals surface area contributed by atoms with Crippen molar-refractivity contribution in [1.29, 1.82) is 0 Å². The number of nitrogens with one attached hydrogen (secondary N) is 1. The minimum atomic E-state index is -0.156. The van der Waals surface area contributed by atoms with Crippen LogP contribution in [0, 0.1) is 6.92 Å². The topological polar surface area (TPSA) is 68.0 Å². The molecule has 0 aliphatic rings. The molecule has 0 aliphatic heterocycles. The molecule has 1 aromatic heterocycles. The van der Waals surface area contributed by atoms with Crippen LogP contribution in [0.4, 0.5) is 5.69 Å². The highest BCUT2D eigenvalue weighted by atomic mass is 16.1. The first-order valence-electron chi connectivity index (χ1n) is 5.70. The van der Waals surface area contributed by atoms with Gasteiger partial charge in [-0.25, -0.2) is 0 Å². The van der Waals surface area contributed by atoms with Crippen LogP contribution in [0.2, 0.25) is 0 Å². The number of amides is 1. The van der Waals surface area contributed by atoms with Gasteiger partial charge < -0.3 is 11.1 Å². The van der Waals surface area contributed by atoms with Gasteiger partial charge >= 0.3 is 0 Å². The van der Waals surface area contributed by atoms with E-state index in [1.807, 2.05) is 37.3 Å². The minimum absolute atomic E-state index is 0.156. The van der Waals surface area contributed by atoms with Crippen LogP contribution < -0.4 is 11.1 Å². The van der Waals surface area contributed by atoms with Crippen molar-refractivity contribution in [3.8, 4) is 0 Å². The highest BCUT2D eigenvalue weighted by Crippen LogP contribution is 2.13. The summed E-state index contributed by atoms with van der Waals surface area (Å²) in [6.07, 6.45) is 3.08. The Labute approximate surface area is 106 Å². The van der Waals surface area contributed by atoms with E-state index in [0.29, 0.717) is 17.8 Å². The lowest BCUT2D eigenvalue weighted by molar-refractivity contribution is 0.0950. The Morgan fingerprint density at radius 1 is 1.28 bits per heavy atom. The maximum Gasteiger partial charge on any atom is 0.253 e. The highest BCUT2D eigenvalue weighted by molar-refractivity contribution is 5.96. The Morgan fingerprint density at radius 3 is 2.72 bits per heavy atom. The maximum absolute atomic E-state index is 12.0. The summed E-state index contributed by atoms with van der Waals surface area (Å²) in [5.74, 6) is -0.156. The minimum Gasteiger partial charge on any atom is -0.397 e. The molecule has 4 nitrogen and oxygen atoms in total. The average Bonchev–Trinajstić information content (AvgIpc) is 2.40. The molecule has 4 heteroatoms. The second-order valence-corrected chi connectivity index (χ2v) is 4.07. The molecule has 0 saturated carbocycles. The summed E-state index contributed by atoms with van der Waals surface area (Å²) in [4.78, 5) is 15.9. The summed E-state index contributed by atoms with van der Waals surface area (Å²) in [6, 6.07) is 9.75. The van der Waals surface area contributed by atoms with E-state index in [1.165, 1.54) is 6.20 Å².